The maximum absolute atomic E-state index is 12.5. The van der Waals surface area contributed by atoms with Gasteiger partial charge >= 0.3 is 6.03 Å². The predicted octanol–water partition coefficient (Wildman–Crippen LogP) is 0.405. The van der Waals surface area contributed by atoms with Crippen LogP contribution in [0, 0.1) is 0 Å². The summed E-state index contributed by atoms with van der Waals surface area (Å²) < 4.78 is 0. The molecule has 0 aromatic carbocycles. The summed E-state index contributed by atoms with van der Waals surface area (Å²) in [4.78, 5) is 44.8. The Hall–Kier alpha value is -2.64. The number of nitrogens with zero attached hydrogens (tertiary/aromatic N) is 4. The number of hydrogen-bond donors (Lipinski definition) is 1. The summed E-state index contributed by atoms with van der Waals surface area (Å²) in [5.74, 6) is 0.594. The van der Waals surface area contributed by atoms with Gasteiger partial charge in [-0.1, -0.05) is 0 Å². The van der Waals surface area contributed by atoms with E-state index in [1.165, 1.54) is 0 Å². The standard InChI is InChI=1S/C17H23N5O3/c1-20(2)14-8-12(5-6-18-14)13-4-3-7-21(10-13)16(24)11-22-15(23)9-19-17(22)25/h5-6,8,13H,3-4,7,9-11H2,1-2H3,(H,19,25)/t13-/m0/s1. The fourth-order valence-electron chi connectivity index (χ4n) is 3.26. The van der Waals surface area contributed by atoms with E-state index in [0.29, 0.717) is 13.1 Å². The molecule has 0 bridgehead atoms. The molecule has 1 aromatic rings. The van der Waals surface area contributed by atoms with E-state index in [0.717, 1.165) is 29.1 Å². The summed E-state index contributed by atoms with van der Waals surface area (Å²) in [5, 5.41) is 2.43. The van der Waals surface area contributed by atoms with Crippen LogP contribution < -0.4 is 10.2 Å². The van der Waals surface area contributed by atoms with E-state index in [4.69, 9.17) is 0 Å². The van der Waals surface area contributed by atoms with Crippen molar-refractivity contribution in [2.24, 2.45) is 0 Å². The maximum atomic E-state index is 12.5. The third-order valence-electron chi connectivity index (χ3n) is 4.70. The Morgan fingerprint density at radius 2 is 2.20 bits per heavy atom. The molecular weight excluding hydrogens is 322 g/mol. The first-order valence-electron chi connectivity index (χ1n) is 8.45. The number of urea groups is 1. The Balaban J connectivity index is 1.66. The lowest BCUT2D eigenvalue weighted by atomic mass is 9.91. The molecule has 2 aliphatic rings. The van der Waals surface area contributed by atoms with Crippen LogP contribution in [0.25, 0.3) is 0 Å². The molecule has 3 rings (SSSR count). The molecule has 1 aromatic heterocycles. The molecule has 1 N–H and O–H groups in total. The maximum Gasteiger partial charge on any atom is 0.325 e. The second-order valence-electron chi connectivity index (χ2n) is 6.66. The van der Waals surface area contributed by atoms with Crippen LogP contribution in [0.4, 0.5) is 10.6 Å². The van der Waals surface area contributed by atoms with Crippen LogP contribution in [-0.4, -0.2) is 72.9 Å². The minimum Gasteiger partial charge on any atom is -0.363 e. The number of nitrogens with one attached hydrogen (secondary N) is 1. The van der Waals surface area contributed by atoms with Gasteiger partial charge in [-0.25, -0.2) is 9.78 Å². The second-order valence-corrected chi connectivity index (χ2v) is 6.66. The molecule has 8 nitrogen and oxygen atoms in total. The lowest BCUT2D eigenvalue weighted by Crippen LogP contribution is -2.46. The van der Waals surface area contributed by atoms with Crippen LogP contribution in [-0.2, 0) is 9.59 Å². The third kappa shape index (κ3) is 3.72. The lowest BCUT2D eigenvalue weighted by molar-refractivity contribution is -0.137. The first-order valence-corrected chi connectivity index (χ1v) is 8.45. The number of imide groups is 1. The van der Waals surface area contributed by atoms with Gasteiger partial charge in [0.2, 0.25) is 5.91 Å². The Morgan fingerprint density at radius 1 is 1.40 bits per heavy atom. The Morgan fingerprint density at radius 3 is 2.88 bits per heavy atom. The number of hydrogen-bond acceptors (Lipinski definition) is 5. The van der Waals surface area contributed by atoms with Gasteiger partial charge in [0.15, 0.2) is 0 Å². The van der Waals surface area contributed by atoms with Gasteiger partial charge in [0.25, 0.3) is 5.91 Å². The monoisotopic (exact) mass is 345 g/mol. The van der Waals surface area contributed by atoms with E-state index in [1.54, 1.807) is 11.1 Å². The highest BCUT2D eigenvalue weighted by Gasteiger charge is 2.33. The molecule has 0 radical (unpaired) electrons. The highest BCUT2D eigenvalue weighted by molar-refractivity contribution is 6.04. The predicted molar refractivity (Wildman–Crippen MR) is 92.2 cm³/mol. The minimum atomic E-state index is -0.489. The summed E-state index contributed by atoms with van der Waals surface area (Å²) >= 11 is 0. The van der Waals surface area contributed by atoms with Crippen molar-refractivity contribution in [2.45, 2.75) is 18.8 Å². The van der Waals surface area contributed by atoms with Crippen molar-refractivity contribution < 1.29 is 14.4 Å². The molecule has 0 aliphatic carbocycles. The first kappa shape index (κ1) is 17.2. The number of amides is 4. The molecule has 2 saturated heterocycles. The molecule has 2 aliphatic heterocycles. The van der Waals surface area contributed by atoms with E-state index in [-0.39, 0.29) is 30.8 Å². The van der Waals surface area contributed by atoms with Gasteiger partial charge in [-0.15, -0.1) is 0 Å². The molecule has 25 heavy (non-hydrogen) atoms. The van der Waals surface area contributed by atoms with Crippen molar-refractivity contribution >= 4 is 23.7 Å². The van der Waals surface area contributed by atoms with E-state index in [2.05, 4.69) is 16.4 Å². The number of aromatic nitrogens is 1. The average Bonchev–Trinajstić information content (AvgIpc) is 2.94. The molecule has 4 amide bonds. The number of anilines is 1. The van der Waals surface area contributed by atoms with Crippen LogP contribution in [0.2, 0.25) is 0 Å². The van der Waals surface area contributed by atoms with E-state index in [1.807, 2.05) is 25.1 Å². The highest BCUT2D eigenvalue weighted by atomic mass is 16.2. The molecule has 0 saturated carbocycles. The van der Waals surface area contributed by atoms with Crippen molar-refractivity contribution in [1.29, 1.82) is 0 Å². The zero-order valence-corrected chi connectivity index (χ0v) is 14.6. The van der Waals surface area contributed by atoms with Crippen LogP contribution in [0.1, 0.15) is 24.3 Å². The molecule has 134 valence electrons. The molecule has 1 atom stereocenters. The number of carbonyl (C=O) groups is 3. The van der Waals surface area contributed by atoms with Crippen LogP contribution in [0.15, 0.2) is 18.3 Å². The zero-order valence-electron chi connectivity index (χ0n) is 14.6. The topological polar surface area (TPSA) is 85.9 Å². The summed E-state index contributed by atoms with van der Waals surface area (Å²) in [5.41, 5.74) is 1.16. The molecule has 3 heterocycles. The summed E-state index contributed by atoms with van der Waals surface area (Å²) in [6.07, 6.45) is 3.69. The van der Waals surface area contributed by atoms with Crippen LogP contribution in [0.3, 0.4) is 0 Å². The Bertz CT molecular complexity index is 675. The van der Waals surface area contributed by atoms with Crippen molar-refractivity contribution in [3.63, 3.8) is 0 Å². The fraction of sp³-hybridized carbons (Fsp3) is 0.529. The summed E-state index contributed by atoms with van der Waals surface area (Å²) in [6, 6.07) is 3.55. The van der Waals surface area contributed by atoms with Crippen molar-refractivity contribution in [3.05, 3.63) is 23.9 Å². The molecule has 0 spiro atoms. The average molecular weight is 345 g/mol. The van der Waals surface area contributed by atoms with Gasteiger partial charge in [0.1, 0.15) is 12.4 Å². The largest absolute Gasteiger partial charge is 0.363 e. The van der Waals surface area contributed by atoms with Gasteiger partial charge in [-0.3, -0.25) is 14.5 Å². The van der Waals surface area contributed by atoms with Gasteiger partial charge in [-0.2, -0.15) is 0 Å². The number of pyridine rings is 1. The third-order valence-corrected chi connectivity index (χ3v) is 4.70. The summed E-state index contributed by atoms with van der Waals surface area (Å²) in [6.45, 7) is 1.04. The van der Waals surface area contributed by atoms with Crippen LogP contribution in [0.5, 0.6) is 0 Å². The number of rotatable bonds is 4. The zero-order chi connectivity index (χ0) is 18.0. The van der Waals surface area contributed by atoms with Gasteiger partial charge in [0.05, 0.1) is 6.54 Å². The van der Waals surface area contributed by atoms with Gasteiger partial charge < -0.3 is 15.1 Å². The number of carbonyl (C=O) groups excluding carboxylic acids is 3. The SMILES string of the molecule is CN(C)c1cc([C@H]2CCCN(C(=O)CN3C(=O)CNC3=O)C2)ccn1. The van der Waals surface area contributed by atoms with Crippen molar-refractivity contribution in [2.75, 3.05) is 45.2 Å². The van der Waals surface area contributed by atoms with E-state index < -0.39 is 6.03 Å². The molecule has 0 unspecified atom stereocenters. The molecule has 2 fully saturated rings. The first-order chi connectivity index (χ1) is 12.0. The second kappa shape index (κ2) is 7.08. The summed E-state index contributed by atoms with van der Waals surface area (Å²) in [7, 11) is 3.89. The van der Waals surface area contributed by atoms with E-state index in [9.17, 15) is 14.4 Å². The van der Waals surface area contributed by atoms with Crippen molar-refractivity contribution in [3.8, 4) is 0 Å². The lowest BCUT2D eigenvalue weighted by Gasteiger charge is -2.34. The Kier molecular flexibility index (Phi) is 4.87. The van der Waals surface area contributed by atoms with E-state index >= 15 is 0 Å². The van der Waals surface area contributed by atoms with Crippen molar-refractivity contribution in [1.82, 2.24) is 20.1 Å². The molecule has 8 heteroatoms. The number of likely N-dealkylation sites (tertiary alicyclic amines) is 1. The van der Waals surface area contributed by atoms with Gasteiger partial charge in [-0.05, 0) is 30.5 Å². The number of piperidine rings is 1. The normalized spacial score (nSPS) is 20.6. The minimum absolute atomic E-state index is 0.0287. The van der Waals surface area contributed by atoms with Crippen LogP contribution >= 0.6 is 0 Å². The smallest absolute Gasteiger partial charge is 0.325 e. The highest BCUT2D eigenvalue weighted by Crippen LogP contribution is 2.28. The quantitative estimate of drug-likeness (QED) is 0.799. The fourth-order valence-corrected chi connectivity index (χ4v) is 3.26. The molecular formula is C17H23N5O3. The Labute approximate surface area is 146 Å². The van der Waals surface area contributed by atoms with Gasteiger partial charge in [0, 0.05) is 39.3 Å².